The maximum Gasteiger partial charge on any atom is 0.433 e. The van der Waals surface area contributed by atoms with Crippen LogP contribution in [-0.4, -0.2) is 17.8 Å². The van der Waals surface area contributed by atoms with E-state index in [1.807, 2.05) is 5.92 Å². The van der Waals surface area contributed by atoms with Crippen LogP contribution in [0.1, 0.15) is 25.3 Å². The van der Waals surface area contributed by atoms with Gasteiger partial charge in [-0.1, -0.05) is 23.4 Å². The molecule has 0 bridgehead atoms. The minimum atomic E-state index is -4.91. The van der Waals surface area contributed by atoms with Gasteiger partial charge in [-0.3, -0.25) is 0 Å². The molecular formula is C15H15ClF3NO. The fourth-order valence-corrected chi connectivity index (χ4v) is 2.06. The Morgan fingerprint density at radius 1 is 1.38 bits per heavy atom. The lowest BCUT2D eigenvalue weighted by atomic mass is 9.91. The quantitative estimate of drug-likeness (QED) is 0.828. The molecule has 1 aromatic carbocycles. The first-order valence-corrected chi connectivity index (χ1v) is 7.01. The van der Waals surface area contributed by atoms with Crippen molar-refractivity contribution in [1.29, 1.82) is 0 Å². The van der Waals surface area contributed by atoms with Crippen LogP contribution >= 0.6 is 11.6 Å². The summed E-state index contributed by atoms with van der Waals surface area (Å²) in [5.41, 5.74) is -3.41. The molecular weight excluding hydrogens is 303 g/mol. The Morgan fingerprint density at radius 3 is 2.57 bits per heavy atom. The maximum atomic E-state index is 13.4. The highest BCUT2D eigenvalue weighted by molar-refractivity contribution is 6.30. The van der Waals surface area contributed by atoms with Gasteiger partial charge in [-0.15, -0.1) is 0 Å². The number of halogens is 4. The van der Waals surface area contributed by atoms with Gasteiger partial charge in [0, 0.05) is 28.7 Å². The number of hydrogen-bond donors (Lipinski definition) is 2. The lowest BCUT2D eigenvalue weighted by Crippen LogP contribution is -2.41. The van der Waals surface area contributed by atoms with Crippen molar-refractivity contribution < 1.29 is 18.3 Å². The van der Waals surface area contributed by atoms with Gasteiger partial charge in [-0.05, 0) is 38.0 Å². The number of benzene rings is 1. The Kier molecular flexibility index (Phi) is 4.40. The van der Waals surface area contributed by atoms with Gasteiger partial charge >= 0.3 is 6.18 Å². The molecule has 1 unspecified atom stereocenters. The Labute approximate surface area is 126 Å². The van der Waals surface area contributed by atoms with Crippen molar-refractivity contribution in [2.75, 3.05) is 11.9 Å². The van der Waals surface area contributed by atoms with Gasteiger partial charge in [0.2, 0.25) is 5.60 Å². The van der Waals surface area contributed by atoms with Crippen LogP contribution in [0.4, 0.5) is 18.9 Å². The Bertz CT molecular complexity index is 587. The monoisotopic (exact) mass is 317 g/mol. The van der Waals surface area contributed by atoms with Gasteiger partial charge in [0.1, 0.15) is 0 Å². The van der Waals surface area contributed by atoms with Crippen LogP contribution < -0.4 is 5.32 Å². The van der Waals surface area contributed by atoms with E-state index < -0.39 is 11.8 Å². The van der Waals surface area contributed by atoms with E-state index in [0.29, 0.717) is 6.54 Å². The summed E-state index contributed by atoms with van der Waals surface area (Å²) >= 11 is 5.79. The summed E-state index contributed by atoms with van der Waals surface area (Å²) in [6.45, 7) is 2.17. The molecule has 2 rings (SSSR count). The van der Waals surface area contributed by atoms with E-state index in [4.69, 9.17) is 11.6 Å². The van der Waals surface area contributed by atoms with E-state index in [1.54, 1.807) is 6.92 Å². The molecule has 6 heteroatoms. The van der Waals surface area contributed by atoms with Gasteiger partial charge in [0.05, 0.1) is 0 Å². The van der Waals surface area contributed by atoms with Gasteiger partial charge in [0.15, 0.2) is 0 Å². The fraction of sp³-hybridized carbons (Fsp3) is 0.467. The molecule has 2 N–H and O–H groups in total. The summed E-state index contributed by atoms with van der Waals surface area (Å²) in [6.07, 6.45) is -3.36. The zero-order chi connectivity index (χ0) is 15.7. The standard InChI is InChI=1S/C15H15ClF3NO/c1-2-20-13-6-5-11(16)9-12(13)14(21,15(17,18)19)8-7-10-3-4-10/h5-6,9-10,20-21H,2-4H2,1H3. The third-order valence-electron chi connectivity index (χ3n) is 3.18. The van der Waals surface area contributed by atoms with E-state index in [9.17, 15) is 18.3 Å². The molecule has 0 heterocycles. The van der Waals surface area contributed by atoms with Crippen molar-refractivity contribution in [2.45, 2.75) is 31.5 Å². The SMILES string of the molecule is CCNc1ccc(Cl)cc1C(O)(C#CC1CC1)C(F)(F)F. The highest BCUT2D eigenvalue weighted by Gasteiger charge is 2.55. The second-order valence-corrected chi connectivity index (χ2v) is 5.41. The highest BCUT2D eigenvalue weighted by atomic mass is 35.5. The lowest BCUT2D eigenvalue weighted by molar-refractivity contribution is -0.240. The van der Waals surface area contributed by atoms with E-state index in [1.165, 1.54) is 12.1 Å². The number of nitrogens with one attached hydrogen (secondary N) is 1. The minimum absolute atomic E-state index is 0.0550. The average Bonchev–Trinajstić information content (AvgIpc) is 3.21. The van der Waals surface area contributed by atoms with Crippen LogP contribution in [0.25, 0.3) is 0 Å². The molecule has 1 atom stereocenters. The molecule has 0 spiro atoms. The molecule has 0 saturated heterocycles. The predicted octanol–water partition coefficient (Wildman–Crippen LogP) is 3.94. The molecule has 0 radical (unpaired) electrons. The molecule has 1 aliphatic carbocycles. The van der Waals surface area contributed by atoms with E-state index in [-0.39, 0.29) is 22.2 Å². The van der Waals surface area contributed by atoms with Crippen molar-refractivity contribution >= 4 is 17.3 Å². The van der Waals surface area contributed by atoms with Crippen LogP contribution in [-0.2, 0) is 5.60 Å². The fourth-order valence-electron chi connectivity index (χ4n) is 1.89. The Hall–Kier alpha value is -1.38. The van der Waals surface area contributed by atoms with Gasteiger partial charge in [-0.25, -0.2) is 0 Å². The zero-order valence-electron chi connectivity index (χ0n) is 11.4. The van der Waals surface area contributed by atoms with Crippen molar-refractivity contribution in [3.8, 4) is 11.8 Å². The molecule has 0 aromatic heterocycles. The van der Waals surface area contributed by atoms with E-state index in [2.05, 4.69) is 11.2 Å². The van der Waals surface area contributed by atoms with Crippen molar-refractivity contribution in [3.05, 3.63) is 28.8 Å². The molecule has 21 heavy (non-hydrogen) atoms. The summed E-state index contributed by atoms with van der Waals surface area (Å²) < 4.78 is 40.2. The van der Waals surface area contributed by atoms with Crippen LogP contribution in [0.15, 0.2) is 18.2 Å². The average molecular weight is 318 g/mol. The van der Waals surface area contributed by atoms with E-state index >= 15 is 0 Å². The summed E-state index contributed by atoms with van der Waals surface area (Å²) in [7, 11) is 0. The summed E-state index contributed by atoms with van der Waals surface area (Å²) in [5.74, 6) is 4.47. The number of anilines is 1. The number of hydrogen-bond acceptors (Lipinski definition) is 2. The first-order chi connectivity index (χ1) is 9.78. The third kappa shape index (κ3) is 3.45. The smallest absolute Gasteiger partial charge is 0.385 e. The van der Waals surface area contributed by atoms with E-state index in [0.717, 1.165) is 18.9 Å². The van der Waals surface area contributed by atoms with Crippen LogP contribution in [0, 0.1) is 17.8 Å². The van der Waals surface area contributed by atoms with Crippen LogP contribution in [0.5, 0.6) is 0 Å². The molecule has 1 aliphatic rings. The molecule has 1 fully saturated rings. The number of rotatable bonds is 3. The molecule has 2 nitrogen and oxygen atoms in total. The van der Waals surface area contributed by atoms with Crippen molar-refractivity contribution in [2.24, 2.45) is 5.92 Å². The summed E-state index contributed by atoms with van der Waals surface area (Å²) in [4.78, 5) is 0. The van der Waals surface area contributed by atoms with Crippen molar-refractivity contribution in [3.63, 3.8) is 0 Å². The van der Waals surface area contributed by atoms with Crippen molar-refractivity contribution in [1.82, 2.24) is 0 Å². The lowest BCUT2D eigenvalue weighted by Gasteiger charge is -2.28. The summed E-state index contributed by atoms with van der Waals surface area (Å²) in [5, 5.41) is 13.1. The van der Waals surface area contributed by atoms with Crippen LogP contribution in [0.3, 0.4) is 0 Å². The first-order valence-electron chi connectivity index (χ1n) is 6.63. The topological polar surface area (TPSA) is 32.3 Å². The first kappa shape index (κ1) is 16.0. The third-order valence-corrected chi connectivity index (χ3v) is 3.42. The van der Waals surface area contributed by atoms with Crippen LogP contribution in [0.2, 0.25) is 5.02 Å². The Morgan fingerprint density at radius 2 is 2.05 bits per heavy atom. The maximum absolute atomic E-state index is 13.4. The number of alkyl halides is 3. The van der Waals surface area contributed by atoms with Gasteiger partial charge < -0.3 is 10.4 Å². The minimum Gasteiger partial charge on any atom is -0.385 e. The molecule has 0 aliphatic heterocycles. The summed E-state index contributed by atoms with van der Waals surface area (Å²) in [6, 6.07) is 3.99. The number of aliphatic hydroxyl groups is 1. The second kappa shape index (κ2) is 5.78. The molecule has 0 amide bonds. The molecule has 1 saturated carbocycles. The highest BCUT2D eigenvalue weighted by Crippen LogP contribution is 2.43. The van der Waals surface area contributed by atoms with Gasteiger partial charge in [-0.2, -0.15) is 13.2 Å². The predicted molar refractivity (Wildman–Crippen MR) is 76.1 cm³/mol. The molecule has 114 valence electrons. The zero-order valence-corrected chi connectivity index (χ0v) is 12.1. The largest absolute Gasteiger partial charge is 0.433 e. The molecule has 1 aromatic rings. The Balaban J connectivity index is 2.55. The second-order valence-electron chi connectivity index (χ2n) is 4.97. The van der Waals surface area contributed by atoms with Gasteiger partial charge in [0.25, 0.3) is 0 Å². The normalized spacial score (nSPS) is 17.6.